The number of halogens is 1. The summed E-state index contributed by atoms with van der Waals surface area (Å²) in [4.78, 5) is 22.3. The summed E-state index contributed by atoms with van der Waals surface area (Å²) in [6.45, 7) is 2.73. The monoisotopic (exact) mass is 356 g/mol. The van der Waals surface area contributed by atoms with Gasteiger partial charge in [-0.2, -0.15) is 0 Å². The molecule has 0 radical (unpaired) electrons. The number of ether oxygens (including phenoxy) is 2. The van der Waals surface area contributed by atoms with E-state index in [4.69, 9.17) is 21.1 Å². The topological polar surface area (TPSA) is 52.6 Å². The Morgan fingerprint density at radius 3 is 2.44 bits per heavy atom. The van der Waals surface area contributed by atoms with Crippen LogP contribution in [0.1, 0.15) is 37.0 Å². The van der Waals surface area contributed by atoms with Crippen molar-refractivity contribution in [3.63, 3.8) is 0 Å². The maximum atomic E-state index is 11.2. The lowest BCUT2D eigenvalue weighted by Crippen LogP contribution is -2.05. The fourth-order valence-electron chi connectivity index (χ4n) is 2.86. The van der Waals surface area contributed by atoms with E-state index in [0.29, 0.717) is 16.5 Å². The zero-order valence-electron chi connectivity index (χ0n) is 14.0. The average Bonchev–Trinajstić information content (AvgIpc) is 2.55. The molecular formula is C20H17ClO4. The lowest BCUT2D eigenvalue weighted by molar-refractivity contribution is -0.132. The minimum absolute atomic E-state index is 0.328. The van der Waals surface area contributed by atoms with E-state index in [0.717, 1.165) is 35.1 Å². The van der Waals surface area contributed by atoms with Gasteiger partial charge in [-0.3, -0.25) is 9.59 Å². The Balaban J connectivity index is 1.91. The van der Waals surface area contributed by atoms with Gasteiger partial charge in [-0.05, 0) is 59.4 Å². The van der Waals surface area contributed by atoms with Gasteiger partial charge in [0.2, 0.25) is 0 Å². The molecule has 0 aliphatic heterocycles. The fourth-order valence-corrected chi connectivity index (χ4v) is 3.02. The van der Waals surface area contributed by atoms with Gasteiger partial charge in [0.05, 0.1) is 5.02 Å². The number of aryl methyl sites for hydroxylation is 1. The molecule has 25 heavy (non-hydrogen) atoms. The predicted molar refractivity (Wildman–Crippen MR) is 96.7 cm³/mol. The second-order valence-corrected chi connectivity index (χ2v) is 6.27. The average molecular weight is 357 g/mol. The summed E-state index contributed by atoms with van der Waals surface area (Å²) in [7, 11) is 0. The molecule has 0 saturated carbocycles. The molecule has 0 aromatic heterocycles. The summed E-state index contributed by atoms with van der Waals surface area (Å²) in [6, 6.07) is 11.1. The van der Waals surface area contributed by atoms with Gasteiger partial charge in [-0.15, -0.1) is 0 Å². The number of esters is 2. The molecule has 0 spiro atoms. The Morgan fingerprint density at radius 2 is 1.72 bits per heavy atom. The van der Waals surface area contributed by atoms with E-state index < -0.39 is 5.97 Å². The molecule has 0 atom stereocenters. The summed E-state index contributed by atoms with van der Waals surface area (Å²) in [6.07, 6.45) is 3.76. The highest BCUT2D eigenvalue weighted by molar-refractivity contribution is 6.32. The van der Waals surface area contributed by atoms with Crippen molar-refractivity contribution in [1.82, 2.24) is 0 Å². The maximum absolute atomic E-state index is 11.2. The molecule has 0 heterocycles. The van der Waals surface area contributed by atoms with Crippen molar-refractivity contribution in [2.45, 2.75) is 26.7 Å². The lowest BCUT2D eigenvalue weighted by Gasteiger charge is -2.18. The van der Waals surface area contributed by atoms with Crippen LogP contribution in [-0.2, 0) is 16.0 Å². The van der Waals surface area contributed by atoms with Gasteiger partial charge < -0.3 is 9.47 Å². The number of rotatable bonds is 3. The first-order valence-corrected chi connectivity index (χ1v) is 8.30. The Hall–Kier alpha value is -2.59. The van der Waals surface area contributed by atoms with Crippen molar-refractivity contribution in [3.8, 4) is 11.5 Å². The molecular weight excluding hydrogens is 340 g/mol. The van der Waals surface area contributed by atoms with Crippen molar-refractivity contribution in [3.05, 3.63) is 58.1 Å². The smallest absolute Gasteiger partial charge is 0.308 e. The number of hydrogen-bond donors (Lipinski definition) is 0. The van der Waals surface area contributed by atoms with Gasteiger partial charge in [-0.1, -0.05) is 29.8 Å². The van der Waals surface area contributed by atoms with Crippen LogP contribution in [0.15, 0.2) is 36.4 Å². The van der Waals surface area contributed by atoms with Crippen LogP contribution in [0.2, 0.25) is 5.02 Å². The van der Waals surface area contributed by atoms with Gasteiger partial charge in [-0.25, -0.2) is 0 Å². The molecule has 0 bridgehead atoms. The number of allylic oxidation sites excluding steroid dienone is 1. The molecule has 3 rings (SSSR count). The second kappa shape index (κ2) is 7.11. The number of hydrogen-bond acceptors (Lipinski definition) is 4. The SMILES string of the molecule is CC(=O)Oc1ccc2c(c1)CCC(c1ccc(Cl)c(OC(C)=O)c1)=C2. The molecule has 0 unspecified atom stereocenters. The van der Waals surface area contributed by atoms with E-state index in [1.54, 1.807) is 18.2 Å². The van der Waals surface area contributed by atoms with Crippen LogP contribution in [0, 0.1) is 0 Å². The standard InChI is InChI=1S/C20H17ClO4/c1-12(22)24-18-7-5-15-9-14(3-4-16(15)10-18)17-6-8-19(21)20(11-17)25-13(2)23/h5-11H,3-4H2,1-2H3. The summed E-state index contributed by atoms with van der Waals surface area (Å²) in [5.41, 5.74) is 4.32. The van der Waals surface area contributed by atoms with Gasteiger partial charge in [0.1, 0.15) is 11.5 Å². The third-order valence-corrected chi connectivity index (χ3v) is 4.24. The molecule has 0 amide bonds. The largest absolute Gasteiger partial charge is 0.427 e. The predicted octanol–water partition coefficient (Wildman–Crippen LogP) is 4.68. The molecule has 2 aromatic carbocycles. The van der Waals surface area contributed by atoms with Crippen LogP contribution in [0.25, 0.3) is 11.6 Å². The van der Waals surface area contributed by atoms with E-state index in [2.05, 4.69) is 6.08 Å². The van der Waals surface area contributed by atoms with Crippen molar-refractivity contribution in [1.29, 1.82) is 0 Å². The van der Waals surface area contributed by atoms with Crippen molar-refractivity contribution >= 4 is 35.2 Å². The van der Waals surface area contributed by atoms with Crippen molar-refractivity contribution in [2.24, 2.45) is 0 Å². The van der Waals surface area contributed by atoms with Gasteiger partial charge in [0.15, 0.2) is 0 Å². The van der Waals surface area contributed by atoms with Crippen molar-refractivity contribution in [2.75, 3.05) is 0 Å². The maximum Gasteiger partial charge on any atom is 0.308 e. The van der Waals surface area contributed by atoms with Gasteiger partial charge >= 0.3 is 11.9 Å². The summed E-state index contributed by atoms with van der Waals surface area (Å²) in [5.74, 6) is 0.196. The minimum Gasteiger partial charge on any atom is -0.427 e. The summed E-state index contributed by atoms with van der Waals surface area (Å²) in [5, 5.41) is 0.404. The highest BCUT2D eigenvalue weighted by Crippen LogP contribution is 2.35. The highest BCUT2D eigenvalue weighted by atomic mass is 35.5. The molecule has 0 saturated heterocycles. The van der Waals surface area contributed by atoms with E-state index in [9.17, 15) is 9.59 Å². The molecule has 1 aliphatic carbocycles. The lowest BCUT2D eigenvalue weighted by atomic mass is 9.88. The third kappa shape index (κ3) is 4.09. The molecule has 1 aliphatic rings. The first-order chi connectivity index (χ1) is 11.9. The number of fused-ring (bicyclic) bond motifs is 1. The quantitative estimate of drug-likeness (QED) is 0.592. The van der Waals surface area contributed by atoms with E-state index in [1.165, 1.54) is 13.8 Å². The van der Waals surface area contributed by atoms with Gasteiger partial charge in [0, 0.05) is 13.8 Å². The second-order valence-electron chi connectivity index (χ2n) is 5.86. The first-order valence-electron chi connectivity index (χ1n) is 7.92. The first kappa shape index (κ1) is 17.2. The number of benzene rings is 2. The Bertz CT molecular complexity index is 883. The number of carbonyl (C=O) groups excluding carboxylic acids is 2. The van der Waals surface area contributed by atoms with E-state index in [1.807, 2.05) is 18.2 Å². The number of carbonyl (C=O) groups is 2. The molecule has 0 N–H and O–H groups in total. The zero-order valence-corrected chi connectivity index (χ0v) is 14.7. The third-order valence-electron chi connectivity index (χ3n) is 3.93. The Kier molecular flexibility index (Phi) is 4.91. The van der Waals surface area contributed by atoms with Crippen LogP contribution >= 0.6 is 11.6 Å². The molecule has 0 fully saturated rings. The van der Waals surface area contributed by atoms with Crippen LogP contribution < -0.4 is 9.47 Å². The summed E-state index contributed by atoms with van der Waals surface area (Å²) >= 11 is 6.08. The van der Waals surface area contributed by atoms with Gasteiger partial charge in [0.25, 0.3) is 0 Å². The van der Waals surface area contributed by atoms with Crippen LogP contribution in [-0.4, -0.2) is 11.9 Å². The molecule has 5 heteroatoms. The van der Waals surface area contributed by atoms with E-state index in [-0.39, 0.29) is 5.97 Å². The van der Waals surface area contributed by atoms with Crippen LogP contribution in [0.4, 0.5) is 0 Å². The van der Waals surface area contributed by atoms with Crippen molar-refractivity contribution < 1.29 is 19.1 Å². The minimum atomic E-state index is -0.403. The zero-order chi connectivity index (χ0) is 18.0. The highest BCUT2D eigenvalue weighted by Gasteiger charge is 2.15. The van der Waals surface area contributed by atoms with Crippen LogP contribution in [0.3, 0.4) is 0 Å². The Morgan fingerprint density at radius 1 is 0.960 bits per heavy atom. The van der Waals surface area contributed by atoms with E-state index >= 15 is 0 Å². The fraction of sp³-hybridized carbons (Fsp3) is 0.200. The summed E-state index contributed by atoms with van der Waals surface area (Å²) < 4.78 is 10.3. The molecule has 2 aromatic rings. The van der Waals surface area contributed by atoms with Crippen LogP contribution in [0.5, 0.6) is 11.5 Å². The normalized spacial score (nSPS) is 12.8. The molecule has 128 valence electrons. The molecule has 4 nitrogen and oxygen atoms in total. The Labute approximate surface area is 151 Å².